The van der Waals surface area contributed by atoms with Gasteiger partial charge in [-0.25, -0.2) is 0 Å². The van der Waals surface area contributed by atoms with Crippen LogP contribution in [0.15, 0.2) is 36.4 Å². The number of carbonyl (C=O) groups is 2. The molecule has 1 N–H and O–H groups in total. The smallest absolute Gasteiger partial charge is 0.268 e. The third-order valence-corrected chi connectivity index (χ3v) is 5.68. The number of likely N-dealkylation sites (tertiary alicyclic amines) is 1. The van der Waals surface area contributed by atoms with E-state index in [1.54, 1.807) is 6.07 Å². The standard InChI is InChI=1S/C22H27N3O3/c1-2-18(16-8-4-3-5-9-16)23-21(26)19-14-17(20-15-28-13-12-25(19)20)22(27)24-10-6-7-11-24/h3-5,8-9,14,18H,2,6-7,10-13,15H2,1H3,(H,23,26)/t18-/m1/s1. The number of aromatic nitrogens is 1. The first-order valence-corrected chi connectivity index (χ1v) is 10.1. The first kappa shape index (κ1) is 18.7. The molecule has 1 saturated heterocycles. The highest BCUT2D eigenvalue weighted by molar-refractivity contribution is 6.01. The van der Waals surface area contributed by atoms with Gasteiger partial charge in [-0.05, 0) is 30.9 Å². The van der Waals surface area contributed by atoms with Gasteiger partial charge >= 0.3 is 0 Å². The minimum Gasteiger partial charge on any atom is -0.373 e. The molecule has 0 unspecified atom stereocenters. The van der Waals surface area contributed by atoms with Crippen molar-refractivity contribution in [2.24, 2.45) is 0 Å². The lowest BCUT2D eigenvalue weighted by atomic mass is 10.0. The second kappa shape index (κ2) is 8.19. The van der Waals surface area contributed by atoms with Crippen LogP contribution in [0.3, 0.4) is 0 Å². The zero-order chi connectivity index (χ0) is 19.5. The Kier molecular flexibility index (Phi) is 5.48. The number of hydrogen-bond acceptors (Lipinski definition) is 3. The summed E-state index contributed by atoms with van der Waals surface area (Å²) in [6.07, 6.45) is 2.88. The molecule has 0 radical (unpaired) electrons. The summed E-state index contributed by atoms with van der Waals surface area (Å²) in [5, 5.41) is 3.15. The normalized spacial score (nSPS) is 17.2. The molecule has 4 rings (SSSR count). The zero-order valence-electron chi connectivity index (χ0n) is 16.3. The van der Waals surface area contributed by atoms with Crippen molar-refractivity contribution in [2.75, 3.05) is 19.7 Å². The molecule has 0 spiro atoms. The van der Waals surface area contributed by atoms with Crippen molar-refractivity contribution in [3.8, 4) is 0 Å². The Bertz CT molecular complexity index is 853. The van der Waals surface area contributed by atoms with Crippen LogP contribution in [0.2, 0.25) is 0 Å². The van der Waals surface area contributed by atoms with E-state index in [1.165, 1.54) is 0 Å². The van der Waals surface area contributed by atoms with Gasteiger partial charge in [0, 0.05) is 19.6 Å². The van der Waals surface area contributed by atoms with E-state index in [1.807, 2.05) is 39.8 Å². The number of rotatable bonds is 5. The Balaban J connectivity index is 1.61. The van der Waals surface area contributed by atoms with E-state index >= 15 is 0 Å². The lowest BCUT2D eigenvalue weighted by molar-refractivity contribution is 0.0725. The predicted molar refractivity (Wildman–Crippen MR) is 106 cm³/mol. The van der Waals surface area contributed by atoms with E-state index < -0.39 is 0 Å². The van der Waals surface area contributed by atoms with E-state index in [0.29, 0.717) is 31.0 Å². The van der Waals surface area contributed by atoms with Gasteiger partial charge < -0.3 is 19.5 Å². The molecule has 2 aliphatic rings. The molecule has 2 aliphatic heterocycles. The molecule has 148 valence electrons. The highest BCUT2D eigenvalue weighted by Crippen LogP contribution is 2.25. The van der Waals surface area contributed by atoms with Crippen LogP contribution in [0.25, 0.3) is 0 Å². The zero-order valence-corrected chi connectivity index (χ0v) is 16.3. The fourth-order valence-corrected chi connectivity index (χ4v) is 4.13. The van der Waals surface area contributed by atoms with Gasteiger partial charge in [-0.2, -0.15) is 0 Å². The maximum absolute atomic E-state index is 13.1. The topological polar surface area (TPSA) is 63.6 Å². The van der Waals surface area contributed by atoms with E-state index in [-0.39, 0.29) is 17.9 Å². The minimum atomic E-state index is -0.140. The summed E-state index contributed by atoms with van der Waals surface area (Å²) in [6.45, 7) is 5.15. The van der Waals surface area contributed by atoms with Crippen LogP contribution in [-0.2, 0) is 17.9 Å². The summed E-state index contributed by atoms with van der Waals surface area (Å²) >= 11 is 0. The second-order valence-electron chi connectivity index (χ2n) is 7.44. The molecule has 3 heterocycles. The van der Waals surface area contributed by atoms with E-state index in [4.69, 9.17) is 4.74 Å². The highest BCUT2D eigenvalue weighted by Gasteiger charge is 2.30. The molecule has 6 heteroatoms. The lowest BCUT2D eigenvalue weighted by Crippen LogP contribution is -2.31. The van der Waals surface area contributed by atoms with Crippen LogP contribution in [0.1, 0.15) is 64.3 Å². The molecule has 1 atom stereocenters. The summed E-state index contributed by atoms with van der Waals surface area (Å²) in [4.78, 5) is 28.0. The van der Waals surface area contributed by atoms with Crippen molar-refractivity contribution in [3.63, 3.8) is 0 Å². The maximum atomic E-state index is 13.1. The first-order valence-electron chi connectivity index (χ1n) is 10.1. The van der Waals surface area contributed by atoms with Gasteiger partial charge in [0.15, 0.2) is 0 Å². The van der Waals surface area contributed by atoms with Crippen LogP contribution in [0, 0.1) is 0 Å². The molecule has 6 nitrogen and oxygen atoms in total. The third kappa shape index (κ3) is 3.56. The van der Waals surface area contributed by atoms with Crippen molar-refractivity contribution >= 4 is 11.8 Å². The summed E-state index contributed by atoms with van der Waals surface area (Å²) in [6, 6.07) is 11.7. The lowest BCUT2D eigenvalue weighted by Gasteiger charge is -2.22. The van der Waals surface area contributed by atoms with Gasteiger partial charge in [-0.3, -0.25) is 9.59 Å². The Morgan fingerprint density at radius 1 is 1.14 bits per heavy atom. The molecular formula is C22H27N3O3. The van der Waals surface area contributed by atoms with Crippen LogP contribution in [0.4, 0.5) is 0 Å². The number of nitrogens with one attached hydrogen (secondary N) is 1. The van der Waals surface area contributed by atoms with Crippen molar-refractivity contribution < 1.29 is 14.3 Å². The van der Waals surface area contributed by atoms with E-state index in [2.05, 4.69) is 12.2 Å². The number of hydrogen-bond donors (Lipinski definition) is 1. The number of ether oxygens (including phenoxy) is 1. The van der Waals surface area contributed by atoms with E-state index in [9.17, 15) is 9.59 Å². The summed E-state index contributed by atoms with van der Waals surface area (Å²) in [5.41, 5.74) is 3.07. The third-order valence-electron chi connectivity index (χ3n) is 5.68. The molecular weight excluding hydrogens is 354 g/mol. The molecule has 0 aliphatic carbocycles. The number of carbonyl (C=O) groups excluding carboxylic acids is 2. The average Bonchev–Trinajstić information content (AvgIpc) is 3.40. The molecule has 2 amide bonds. The number of amides is 2. The van der Waals surface area contributed by atoms with Crippen molar-refractivity contribution in [3.05, 3.63) is 58.9 Å². The Labute approximate surface area is 165 Å². The maximum Gasteiger partial charge on any atom is 0.268 e. The highest BCUT2D eigenvalue weighted by atomic mass is 16.5. The monoisotopic (exact) mass is 381 g/mol. The fraction of sp³-hybridized carbons (Fsp3) is 0.455. The van der Waals surface area contributed by atoms with Crippen LogP contribution >= 0.6 is 0 Å². The van der Waals surface area contributed by atoms with Gasteiger partial charge in [-0.15, -0.1) is 0 Å². The van der Waals surface area contributed by atoms with Crippen LogP contribution in [0.5, 0.6) is 0 Å². The summed E-state index contributed by atoms with van der Waals surface area (Å²) in [7, 11) is 0. The average molecular weight is 381 g/mol. The molecule has 1 aromatic heterocycles. The largest absolute Gasteiger partial charge is 0.373 e. The van der Waals surface area contributed by atoms with Crippen LogP contribution < -0.4 is 5.32 Å². The molecule has 28 heavy (non-hydrogen) atoms. The van der Waals surface area contributed by atoms with E-state index in [0.717, 1.165) is 43.6 Å². The Hall–Kier alpha value is -2.60. The number of benzene rings is 1. The Morgan fingerprint density at radius 2 is 1.89 bits per heavy atom. The quantitative estimate of drug-likeness (QED) is 0.865. The molecule has 0 bridgehead atoms. The Morgan fingerprint density at radius 3 is 2.61 bits per heavy atom. The van der Waals surface area contributed by atoms with Gasteiger partial charge in [0.05, 0.1) is 30.5 Å². The fourth-order valence-electron chi connectivity index (χ4n) is 4.13. The van der Waals surface area contributed by atoms with Crippen molar-refractivity contribution in [1.29, 1.82) is 0 Å². The minimum absolute atomic E-state index is 0.0147. The van der Waals surface area contributed by atoms with Crippen molar-refractivity contribution in [1.82, 2.24) is 14.8 Å². The number of nitrogens with zero attached hydrogens (tertiary/aromatic N) is 2. The summed E-state index contributed by atoms with van der Waals surface area (Å²) < 4.78 is 7.55. The predicted octanol–water partition coefficient (Wildman–Crippen LogP) is 3.14. The van der Waals surface area contributed by atoms with Crippen molar-refractivity contribution in [2.45, 2.75) is 45.4 Å². The first-order chi connectivity index (χ1) is 13.7. The second-order valence-corrected chi connectivity index (χ2v) is 7.44. The molecule has 2 aromatic rings. The van der Waals surface area contributed by atoms with Gasteiger partial charge in [0.2, 0.25) is 0 Å². The molecule has 0 saturated carbocycles. The SMILES string of the molecule is CC[C@@H](NC(=O)c1cc(C(=O)N2CCCC2)c2n1CCOC2)c1ccccc1. The van der Waals surface area contributed by atoms with Gasteiger partial charge in [0.25, 0.3) is 11.8 Å². The van der Waals surface area contributed by atoms with Gasteiger partial charge in [-0.1, -0.05) is 37.3 Å². The number of fused-ring (bicyclic) bond motifs is 1. The summed E-state index contributed by atoms with van der Waals surface area (Å²) in [5.74, 6) is -0.125. The molecule has 1 aromatic carbocycles. The molecule has 1 fully saturated rings. The van der Waals surface area contributed by atoms with Gasteiger partial charge in [0.1, 0.15) is 5.69 Å². The van der Waals surface area contributed by atoms with Crippen LogP contribution in [-0.4, -0.2) is 41.0 Å².